The zero-order chi connectivity index (χ0) is 26.2. The Morgan fingerprint density at radius 2 is 1.97 bits per heavy atom. The predicted octanol–water partition coefficient (Wildman–Crippen LogP) is 3.21. The highest BCUT2D eigenvalue weighted by molar-refractivity contribution is 7.45. The van der Waals surface area contributed by atoms with Gasteiger partial charge in [0.15, 0.2) is 6.23 Å². The fourth-order valence-electron chi connectivity index (χ4n) is 5.59. The van der Waals surface area contributed by atoms with Gasteiger partial charge in [-0.15, -0.1) is 0 Å². The molecule has 3 fully saturated rings. The Labute approximate surface area is 217 Å². The van der Waals surface area contributed by atoms with Gasteiger partial charge in [0.05, 0.1) is 25.4 Å². The standard InChI is InChI=1S/C26H36N3O7P/c1-5-19-21(22(33-15-14-32-4)24(34-19)28-16-17(2)23(30)27-25(28)31)35-37-29-13-9-12-20(29)26(3,36-37)18-10-7-6-8-11-18/h6-8,10-11,16,19-22,24H,5,9,12-15H2,1-4H3,(H,27,30,31)/t19-,20-,21+,22?,24-,26+,37-/m1/s1. The number of fused-ring (bicyclic) bond motifs is 1. The molecule has 5 rings (SSSR count). The highest BCUT2D eigenvalue weighted by atomic mass is 31.2. The number of aromatic nitrogens is 2. The Kier molecular flexibility index (Phi) is 7.98. The Morgan fingerprint density at radius 1 is 1.19 bits per heavy atom. The third-order valence-corrected chi connectivity index (χ3v) is 9.46. The van der Waals surface area contributed by atoms with Gasteiger partial charge in [-0.1, -0.05) is 37.3 Å². The first-order chi connectivity index (χ1) is 17.9. The molecule has 1 N–H and O–H groups in total. The molecule has 0 radical (unpaired) electrons. The fourth-order valence-corrected chi connectivity index (χ4v) is 7.74. The van der Waals surface area contributed by atoms with Crippen LogP contribution in [-0.4, -0.2) is 65.4 Å². The number of ether oxygens (including phenoxy) is 3. The molecule has 3 saturated heterocycles. The second kappa shape index (κ2) is 11.1. The van der Waals surface area contributed by atoms with Crippen LogP contribution in [0.1, 0.15) is 50.5 Å². The molecule has 1 unspecified atom stereocenters. The molecule has 37 heavy (non-hydrogen) atoms. The normalized spacial score (nSPS) is 33.7. The summed E-state index contributed by atoms with van der Waals surface area (Å²) in [6.45, 7) is 7.42. The van der Waals surface area contributed by atoms with E-state index >= 15 is 0 Å². The molecule has 1 aromatic heterocycles. The van der Waals surface area contributed by atoms with E-state index in [4.69, 9.17) is 23.3 Å². The van der Waals surface area contributed by atoms with Crippen molar-refractivity contribution in [3.05, 3.63) is 68.5 Å². The van der Waals surface area contributed by atoms with Crippen LogP contribution in [0.3, 0.4) is 0 Å². The van der Waals surface area contributed by atoms with Crippen molar-refractivity contribution in [2.45, 2.75) is 76.2 Å². The van der Waals surface area contributed by atoms with Crippen molar-refractivity contribution in [1.82, 2.24) is 14.2 Å². The molecular formula is C26H36N3O7P. The largest absolute Gasteiger partial charge is 0.382 e. The molecule has 202 valence electrons. The number of hydrogen-bond acceptors (Lipinski definition) is 8. The maximum Gasteiger partial charge on any atom is 0.330 e. The van der Waals surface area contributed by atoms with Crippen LogP contribution in [0.25, 0.3) is 0 Å². The van der Waals surface area contributed by atoms with E-state index in [1.165, 1.54) is 10.8 Å². The van der Waals surface area contributed by atoms with Gasteiger partial charge in [-0.2, -0.15) is 0 Å². The zero-order valence-electron chi connectivity index (χ0n) is 21.8. The van der Waals surface area contributed by atoms with Crippen LogP contribution >= 0.6 is 8.53 Å². The molecule has 3 aliphatic rings. The van der Waals surface area contributed by atoms with Crippen LogP contribution in [0, 0.1) is 6.92 Å². The van der Waals surface area contributed by atoms with Gasteiger partial charge in [0.25, 0.3) is 14.1 Å². The van der Waals surface area contributed by atoms with E-state index in [1.54, 1.807) is 14.0 Å². The monoisotopic (exact) mass is 533 g/mol. The van der Waals surface area contributed by atoms with Crippen LogP contribution in [-0.2, 0) is 28.9 Å². The van der Waals surface area contributed by atoms with E-state index in [0.29, 0.717) is 25.2 Å². The fraction of sp³-hybridized carbons (Fsp3) is 0.615. The first-order valence-corrected chi connectivity index (χ1v) is 14.1. The number of hydrogen-bond donors (Lipinski definition) is 1. The number of aromatic amines is 1. The summed E-state index contributed by atoms with van der Waals surface area (Å²) in [5, 5.41) is 0. The molecule has 0 spiro atoms. The lowest BCUT2D eigenvalue weighted by molar-refractivity contribution is -0.0784. The van der Waals surface area contributed by atoms with Crippen LogP contribution < -0.4 is 11.2 Å². The Morgan fingerprint density at radius 3 is 2.70 bits per heavy atom. The summed E-state index contributed by atoms with van der Waals surface area (Å²) in [6.07, 6.45) is 2.14. The van der Waals surface area contributed by atoms with E-state index in [1.807, 2.05) is 25.1 Å². The van der Waals surface area contributed by atoms with Crippen LogP contribution in [0.5, 0.6) is 0 Å². The van der Waals surface area contributed by atoms with E-state index in [9.17, 15) is 9.59 Å². The number of nitrogens with one attached hydrogen (secondary N) is 1. The van der Waals surface area contributed by atoms with Crippen LogP contribution in [0.15, 0.2) is 46.1 Å². The molecule has 7 atom stereocenters. The van der Waals surface area contributed by atoms with Crippen molar-refractivity contribution in [1.29, 1.82) is 0 Å². The summed E-state index contributed by atoms with van der Waals surface area (Å²) in [5.74, 6) is 0. The molecule has 2 aromatic rings. The van der Waals surface area contributed by atoms with Gasteiger partial charge >= 0.3 is 5.69 Å². The van der Waals surface area contributed by atoms with Crippen LogP contribution in [0.4, 0.5) is 0 Å². The van der Waals surface area contributed by atoms with Gasteiger partial charge < -0.3 is 23.3 Å². The molecule has 10 nitrogen and oxygen atoms in total. The number of nitrogens with zero attached hydrogens (tertiary/aromatic N) is 2. The molecular weight excluding hydrogens is 497 g/mol. The molecule has 0 aliphatic carbocycles. The Bertz CT molecular complexity index is 1190. The number of benzene rings is 1. The molecule has 0 saturated carbocycles. The van der Waals surface area contributed by atoms with Crippen molar-refractivity contribution in [2.24, 2.45) is 0 Å². The van der Waals surface area contributed by atoms with Crippen molar-refractivity contribution in [3.63, 3.8) is 0 Å². The van der Waals surface area contributed by atoms with Crippen molar-refractivity contribution in [2.75, 3.05) is 26.9 Å². The van der Waals surface area contributed by atoms with Crippen LogP contribution in [0.2, 0.25) is 0 Å². The molecule has 3 aliphatic heterocycles. The number of rotatable bonds is 9. The molecule has 4 heterocycles. The smallest absolute Gasteiger partial charge is 0.330 e. The van der Waals surface area contributed by atoms with E-state index in [0.717, 1.165) is 24.9 Å². The Balaban J connectivity index is 1.45. The molecule has 1 aromatic carbocycles. The predicted molar refractivity (Wildman–Crippen MR) is 138 cm³/mol. The van der Waals surface area contributed by atoms with E-state index < -0.39 is 43.8 Å². The van der Waals surface area contributed by atoms with E-state index in [2.05, 4.69) is 28.7 Å². The SMILES string of the molecule is CC[C@H]1O[C@@H](n2cc(C)c(=O)[nH]c2=O)C(OCCOC)[C@H]1O[P@]1O[C@@](C)(c2ccccc2)[C@H]2CCCN21. The van der Waals surface area contributed by atoms with Gasteiger partial charge in [-0.3, -0.25) is 14.3 Å². The minimum absolute atomic E-state index is 0.219. The summed E-state index contributed by atoms with van der Waals surface area (Å²) < 4.78 is 35.1. The number of aryl methyl sites for hydroxylation is 1. The first-order valence-electron chi connectivity index (χ1n) is 12.9. The van der Waals surface area contributed by atoms with Gasteiger partial charge in [-0.05, 0) is 38.7 Å². The lowest BCUT2D eigenvalue weighted by Crippen LogP contribution is -2.41. The zero-order valence-corrected chi connectivity index (χ0v) is 22.7. The second-order valence-electron chi connectivity index (χ2n) is 9.97. The topological polar surface area (TPSA) is 104 Å². The summed E-state index contributed by atoms with van der Waals surface area (Å²) in [5.41, 5.74) is 0.104. The van der Waals surface area contributed by atoms with Gasteiger partial charge in [0.2, 0.25) is 0 Å². The third-order valence-electron chi connectivity index (χ3n) is 7.60. The van der Waals surface area contributed by atoms with Crippen molar-refractivity contribution < 1.29 is 23.3 Å². The average Bonchev–Trinajstić information content (AvgIpc) is 3.58. The minimum Gasteiger partial charge on any atom is -0.382 e. The summed E-state index contributed by atoms with van der Waals surface area (Å²) >= 11 is 0. The number of methoxy groups -OCH3 is 1. The summed E-state index contributed by atoms with van der Waals surface area (Å²) in [6, 6.07) is 10.5. The summed E-state index contributed by atoms with van der Waals surface area (Å²) in [7, 11) is 0.214. The van der Waals surface area contributed by atoms with Gasteiger partial charge in [0, 0.05) is 25.4 Å². The third kappa shape index (κ3) is 4.96. The maximum atomic E-state index is 12.8. The van der Waals surface area contributed by atoms with Gasteiger partial charge in [0.1, 0.15) is 17.8 Å². The highest BCUT2D eigenvalue weighted by Crippen LogP contribution is 2.64. The molecule has 0 amide bonds. The Hall–Kier alpha value is -1.91. The maximum absolute atomic E-state index is 12.8. The quantitative estimate of drug-likeness (QED) is 0.387. The van der Waals surface area contributed by atoms with E-state index in [-0.39, 0.29) is 12.1 Å². The second-order valence-corrected chi connectivity index (χ2v) is 11.4. The molecule has 0 bridgehead atoms. The highest BCUT2D eigenvalue weighted by Gasteiger charge is 2.57. The van der Waals surface area contributed by atoms with Crippen molar-refractivity contribution >= 4 is 8.53 Å². The lowest BCUT2D eigenvalue weighted by Gasteiger charge is -2.29. The minimum atomic E-state index is -1.40. The molecule has 11 heteroatoms. The number of H-pyrrole nitrogens is 1. The van der Waals surface area contributed by atoms with Gasteiger partial charge in [-0.25, -0.2) is 9.46 Å². The first kappa shape index (κ1) is 26.7. The van der Waals surface area contributed by atoms with Crippen molar-refractivity contribution in [3.8, 4) is 0 Å². The average molecular weight is 534 g/mol. The summed E-state index contributed by atoms with van der Waals surface area (Å²) in [4.78, 5) is 27.1. The lowest BCUT2D eigenvalue weighted by atomic mass is 9.87.